The number of methoxy groups -OCH3 is 1. The summed E-state index contributed by atoms with van der Waals surface area (Å²) in [6.07, 6.45) is 5.43. The van der Waals surface area contributed by atoms with Crippen LogP contribution in [0.15, 0.2) is 24.3 Å². The smallest absolute Gasteiger partial charge is 0.171 e. The number of rotatable bonds is 3. The van der Waals surface area contributed by atoms with Gasteiger partial charge in [0, 0.05) is 6.04 Å². The third-order valence-corrected chi connectivity index (χ3v) is 4.63. The predicted molar refractivity (Wildman–Crippen MR) is 81.6 cm³/mol. The first-order valence-electron chi connectivity index (χ1n) is 6.97. The first-order valence-corrected chi connectivity index (χ1v) is 7.37. The average Bonchev–Trinajstić information content (AvgIpc) is 3.01. The van der Waals surface area contributed by atoms with Gasteiger partial charge >= 0.3 is 0 Å². The van der Waals surface area contributed by atoms with E-state index in [1.807, 2.05) is 24.3 Å². The molecule has 2 fully saturated rings. The highest BCUT2D eigenvalue weighted by molar-refractivity contribution is 7.80. The summed E-state index contributed by atoms with van der Waals surface area (Å²) in [7, 11) is 1.67. The first-order chi connectivity index (χ1) is 9.26. The number of hydrogen-bond acceptors (Lipinski definition) is 2. The van der Waals surface area contributed by atoms with Crippen molar-refractivity contribution in [2.45, 2.75) is 31.7 Å². The normalized spacial score (nSPS) is 28.2. The summed E-state index contributed by atoms with van der Waals surface area (Å²) in [5, 5.41) is 7.43. The van der Waals surface area contributed by atoms with Crippen LogP contribution >= 0.6 is 12.2 Å². The van der Waals surface area contributed by atoms with Gasteiger partial charge in [-0.3, -0.25) is 0 Å². The van der Waals surface area contributed by atoms with Crippen molar-refractivity contribution in [1.82, 2.24) is 5.32 Å². The Kier molecular flexibility index (Phi) is 3.60. The molecule has 1 aromatic rings. The molecular weight excluding hydrogens is 256 g/mol. The highest BCUT2D eigenvalue weighted by atomic mass is 32.1. The van der Waals surface area contributed by atoms with E-state index in [-0.39, 0.29) is 0 Å². The Morgan fingerprint density at radius 3 is 2.79 bits per heavy atom. The lowest BCUT2D eigenvalue weighted by molar-refractivity contribution is 0.391. The lowest BCUT2D eigenvalue weighted by Crippen LogP contribution is -2.40. The topological polar surface area (TPSA) is 33.3 Å². The van der Waals surface area contributed by atoms with Crippen molar-refractivity contribution in [2.24, 2.45) is 11.8 Å². The summed E-state index contributed by atoms with van der Waals surface area (Å²) in [5.74, 6) is 2.57. The number of ether oxygens (including phenoxy) is 1. The monoisotopic (exact) mass is 276 g/mol. The summed E-state index contributed by atoms with van der Waals surface area (Å²) in [6.45, 7) is 0. The van der Waals surface area contributed by atoms with Gasteiger partial charge in [0.05, 0.1) is 12.8 Å². The molecule has 0 spiro atoms. The Hall–Kier alpha value is -1.29. The summed E-state index contributed by atoms with van der Waals surface area (Å²) < 4.78 is 5.32. The van der Waals surface area contributed by atoms with Gasteiger partial charge in [0.2, 0.25) is 0 Å². The number of thiocarbonyl (C=S) groups is 1. The van der Waals surface area contributed by atoms with Crippen molar-refractivity contribution < 1.29 is 4.74 Å². The van der Waals surface area contributed by atoms with Crippen molar-refractivity contribution in [3.8, 4) is 5.75 Å². The molecule has 0 radical (unpaired) electrons. The molecule has 0 aliphatic heterocycles. The van der Waals surface area contributed by atoms with Crippen LogP contribution in [0.1, 0.15) is 25.7 Å². The molecule has 4 heteroatoms. The van der Waals surface area contributed by atoms with Crippen LogP contribution in [0.25, 0.3) is 0 Å². The van der Waals surface area contributed by atoms with Crippen molar-refractivity contribution in [3.05, 3.63) is 24.3 Å². The van der Waals surface area contributed by atoms with E-state index in [4.69, 9.17) is 17.0 Å². The number of fused-ring (bicyclic) bond motifs is 2. The maximum absolute atomic E-state index is 5.42. The fourth-order valence-corrected chi connectivity index (χ4v) is 3.76. The summed E-state index contributed by atoms with van der Waals surface area (Å²) >= 11 is 5.42. The van der Waals surface area contributed by atoms with Crippen LogP contribution in [0.4, 0.5) is 5.69 Å². The minimum absolute atomic E-state index is 0.563. The maximum Gasteiger partial charge on any atom is 0.171 e. The molecule has 3 nitrogen and oxygen atoms in total. The number of anilines is 1. The zero-order chi connectivity index (χ0) is 13.2. The van der Waals surface area contributed by atoms with Gasteiger partial charge in [-0.25, -0.2) is 0 Å². The van der Waals surface area contributed by atoms with E-state index in [9.17, 15) is 0 Å². The van der Waals surface area contributed by atoms with Crippen LogP contribution in [-0.4, -0.2) is 18.3 Å². The van der Waals surface area contributed by atoms with Gasteiger partial charge in [-0.05, 0) is 55.4 Å². The van der Waals surface area contributed by atoms with Crippen molar-refractivity contribution >= 4 is 23.0 Å². The highest BCUT2D eigenvalue weighted by Gasteiger charge is 2.39. The lowest BCUT2D eigenvalue weighted by Gasteiger charge is -2.24. The molecule has 0 heterocycles. The zero-order valence-corrected chi connectivity index (χ0v) is 12.0. The Labute approximate surface area is 119 Å². The standard InChI is InChI=1S/C15H20N2OS/c1-18-14-5-3-2-4-12(14)16-15(19)17-13-9-10-6-7-11(13)8-10/h2-5,10-11,13H,6-9H2,1H3,(H2,16,17,19)/t10-,11-,13-/m1/s1. The zero-order valence-electron chi connectivity index (χ0n) is 11.2. The molecule has 19 heavy (non-hydrogen) atoms. The average molecular weight is 276 g/mol. The Morgan fingerprint density at radius 2 is 2.11 bits per heavy atom. The number of para-hydroxylation sites is 2. The van der Waals surface area contributed by atoms with Gasteiger partial charge in [-0.2, -0.15) is 0 Å². The molecule has 0 unspecified atom stereocenters. The molecule has 0 aromatic heterocycles. The van der Waals surface area contributed by atoms with Crippen molar-refractivity contribution in [3.63, 3.8) is 0 Å². The van der Waals surface area contributed by atoms with E-state index in [2.05, 4.69) is 10.6 Å². The van der Waals surface area contributed by atoms with E-state index in [0.29, 0.717) is 11.2 Å². The largest absolute Gasteiger partial charge is 0.495 e. The van der Waals surface area contributed by atoms with Crippen LogP contribution in [0.2, 0.25) is 0 Å². The summed E-state index contributed by atoms with van der Waals surface area (Å²) in [6, 6.07) is 8.41. The van der Waals surface area contributed by atoms with E-state index in [1.54, 1.807) is 7.11 Å². The molecule has 2 bridgehead atoms. The fraction of sp³-hybridized carbons (Fsp3) is 0.533. The minimum atomic E-state index is 0.563. The van der Waals surface area contributed by atoms with E-state index in [0.717, 1.165) is 23.3 Å². The summed E-state index contributed by atoms with van der Waals surface area (Å²) in [4.78, 5) is 0. The summed E-state index contributed by atoms with van der Waals surface area (Å²) in [5.41, 5.74) is 0.922. The van der Waals surface area contributed by atoms with Gasteiger partial charge in [-0.1, -0.05) is 18.6 Å². The van der Waals surface area contributed by atoms with Crippen LogP contribution in [0.5, 0.6) is 5.75 Å². The molecular formula is C15H20N2OS. The van der Waals surface area contributed by atoms with Crippen molar-refractivity contribution in [2.75, 3.05) is 12.4 Å². The van der Waals surface area contributed by atoms with Crippen LogP contribution in [0, 0.1) is 11.8 Å². The Morgan fingerprint density at radius 1 is 1.26 bits per heavy atom. The molecule has 102 valence electrons. The van der Waals surface area contributed by atoms with E-state index in [1.165, 1.54) is 25.7 Å². The number of benzene rings is 1. The quantitative estimate of drug-likeness (QED) is 0.831. The maximum atomic E-state index is 5.42. The highest BCUT2D eigenvalue weighted by Crippen LogP contribution is 2.44. The van der Waals surface area contributed by atoms with Gasteiger partial charge in [0.25, 0.3) is 0 Å². The van der Waals surface area contributed by atoms with Gasteiger partial charge in [0.15, 0.2) is 5.11 Å². The second-order valence-electron chi connectivity index (χ2n) is 5.58. The third kappa shape index (κ3) is 2.68. The molecule has 2 saturated carbocycles. The minimum Gasteiger partial charge on any atom is -0.495 e. The number of hydrogen-bond donors (Lipinski definition) is 2. The lowest BCUT2D eigenvalue weighted by atomic mass is 9.96. The molecule has 3 atom stereocenters. The van der Waals surface area contributed by atoms with Crippen LogP contribution in [0.3, 0.4) is 0 Å². The van der Waals surface area contributed by atoms with Crippen LogP contribution in [-0.2, 0) is 0 Å². The molecule has 3 rings (SSSR count). The van der Waals surface area contributed by atoms with Crippen molar-refractivity contribution in [1.29, 1.82) is 0 Å². The second kappa shape index (κ2) is 5.37. The Balaban J connectivity index is 1.59. The Bertz CT molecular complexity index is 477. The predicted octanol–water partition coefficient (Wildman–Crippen LogP) is 3.17. The first kappa shape index (κ1) is 12.7. The molecule has 0 saturated heterocycles. The van der Waals surface area contributed by atoms with Gasteiger partial charge < -0.3 is 15.4 Å². The fourth-order valence-electron chi connectivity index (χ4n) is 3.50. The number of nitrogens with one attached hydrogen (secondary N) is 2. The molecule has 0 amide bonds. The van der Waals surface area contributed by atoms with Gasteiger partial charge in [-0.15, -0.1) is 0 Å². The van der Waals surface area contributed by atoms with Gasteiger partial charge in [0.1, 0.15) is 5.75 Å². The molecule has 1 aromatic carbocycles. The molecule has 2 aliphatic carbocycles. The van der Waals surface area contributed by atoms with E-state index < -0.39 is 0 Å². The molecule has 2 aliphatic rings. The second-order valence-corrected chi connectivity index (χ2v) is 5.99. The third-order valence-electron chi connectivity index (χ3n) is 4.41. The van der Waals surface area contributed by atoms with E-state index >= 15 is 0 Å². The molecule has 2 N–H and O–H groups in total. The SMILES string of the molecule is COc1ccccc1NC(=S)N[C@@H]1C[C@@H]2CC[C@@H]1C2. The van der Waals surface area contributed by atoms with Crippen LogP contribution < -0.4 is 15.4 Å².